The number of hydrogen-bond acceptors (Lipinski definition) is 2. The molecule has 0 aromatic heterocycles. The zero-order valence-corrected chi connectivity index (χ0v) is 9.70. The van der Waals surface area contributed by atoms with Gasteiger partial charge in [0.15, 0.2) is 0 Å². The van der Waals surface area contributed by atoms with Crippen LogP contribution in [0, 0.1) is 17.6 Å². The highest BCUT2D eigenvalue weighted by atomic mass is 19.1. The molecule has 1 aliphatic rings. The van der Waals surface area contributed by atoms with Crippen molar-refractivity contribution in [3.8, 4) is 0 Å². The molecule has 1 N–H and O–H groups in total. The Morgan fingerprint density at radius 2 is 2.06 bits per heavy atom. The summed E-state index contributed by atoms with van der Waals surface area (Å²) in [6.45, 7) is 2.57. The molecule has 1 heterocycles. The molecular formula is C13H16F2O2. The maximum atomic E-state index is 13.4. The summed E-state index contributed by atoms with van der Waals surface area (Å²) in [5.41, 5.74) is -0.0669. The molecule has 0 spiro atoms. The van der Waals surface area contributed by atoms with Gasteiger partial charge < -0.3 is 9.84 Å². The molecule has 0 radical (unpaired) electrons. The van der Waals surface area contributed by atoms with E-state index in [1.54, 1.807) is 0 Å². The van der Waals surface area contributed by atoms with Crippen LogP contribution in [0.1, 0.15) is 18.9 Å². The van der Waals surface area contributed by atoms with Gasteiger partial charge in [-0.25, -0.2) is 8.78 Å². The number of hydrogen-bond donors (Lipinski definition) is 1. The van der Waals surface area contributed by atoms with Crippen molar-refractivity contribution in [2.75, 3.05) is 6.61 Å². The van der Waals surface area contributed by atoms with Crippen LogP contribution in [-0.2, 0) is 11.2 Å². The number of rotatable bonds is 3. The smallest absolute Gasteiger partial charge is 0.129 e. The highest BCUT2D eigenvalue weighted by Crippen LogP contribution is 2.25. The number of halogens is 2. The Labute approximate surface area is 99.2 Å². The van der Waals surface area contributed by atoms with E-state index in [0.29, 0.717) is 6.61 Å². The van der Waals surface area contributed by atoms with E-state index in [1.165, 1.54) is 18.2 Å². The Bertz CT molecular complexity index is 375. The molecule has 1 saturated heterocycles. The molecule has 3 atom stereocenters. The summed E-state index contributed by atoms with van der Waals surface area (Å²) in [6, 6.07) is 3.71. The summed E-state index contributed by atoms with van der Waals surface area (Å²) in [5, 5.41) is 9.96. The van der Waals surface area contributed by atoms with Crippen LogP contribution in [0.4, 0.5) is 8.78 Å². The minimum absolute atomic E-state index is 0.0481. The lowest BCUT2D eigenvalue weighted by molar-refractivity contribution is -0.0164. The van der Waals surface area contributed by atoms with Crippen LogP contribution in [0.5, 0.6) is 0 Å². The highest BCUT2D eigenvalue weighted by molar-refractivity contribution is 5.20. The fraction of sp³-hybridized carbons (Fsp3) is 0.538. The molecule has 94 valence electrons. The first-order valence-electron chi connectivity index (χ1n) is 5.82. The van der Waals surface area contributed by atoms with Crippen molar-refractivity contribution in [3.63, 3.8) is 0 Å². The van der Waals surface area contributed by atoms with Crippen molar-refractivity contribution in [2.45, 2.75) is 32.0 Å². The maximum absolute atomic E-state index is 13.4. The number of aliphatic hydroxyl groups excluding tert-OH is 1. The summed E-state index contributed by atoms with van der Waals surface area (Å²) in [7, 11) is 0. The van der Waals surface area contributed by atoms with Gasteiger partial charge in [0.1, 0.15) is 11.6 Å². The summed E-state index contributed by atoms with van der Waals surface area (Å²) in [4.78, 5) is 0. The third kappa shape index (κ3) is 2.64. The van der Waals surface area contributed by atoms with Crippen LogP contribution in [0.2, 0.25) is 0 Å². The standard InChI is InChI=1S/C13H16F2O2/c1-8-5-6-17-13(8)12(16)7-9-10(14)3-2-4-11(9)15/h2-4,8,12-13,16H,5-7H2,1H3. The van der Waals surface area contributed by atoms with E-state index in [-0.39, 0.29) is 24.0 Å². The summed E-state index contributed by atoms with van der Waals surface area (Å²) < 4.78 is 32.2. The van der Waals surface area contributed by atoms with Gasteiger partial charge in [-0.3, -0.25) is 0 Å². The van der Waals surface area contributed by atoms with E-state index in [0.717, 1.165) is 6.42 Å². The number of aliphatic hydroxyl groups is 1. The fourth-order valence-electron chi connectivity index (χ4n) is 2.26. The predicted molar refractivity (Wildman–Crippen MR) is 59.6 cm³/mol. The van der Waals surface area contributed by atoms with Crippen molar-refractivity contribution < 1.29 is 18.6 Å². The van der Waals surface area contributed by atoms with Gasteiger partial charge in [-0.1, -0.05) is 13.0 Å². The van der Waals surface area contributed by atoms with Gasteiger partial charge >= 0.3 is 0 Å². The molecular weight excluding hydrogens is 226 g/mol. The van der Waals surface area contributed by atoms with Gasteiger partial charge in [-0.2, -0.15) is 0 Å². The lowest BCUT2D eigenvalue weighted by atomic mass is 9.95. The van der Waals surface area contributed by atoms with Crippen LogP contribution < -0.4 is 0 Å². The second-order valence-corrected chi connectivity index (χ2v) is 4.57. The molecule has 1 aromatic rings. The minimum Gasteiger partial charge on any atom is -0.390 e. The van der Waals surface area contributed by atoms with Crippen LogP contribution in [0.3, 0.4) is 0 Å². The third-order valence-corrected chi connectivity index (χ3v) is 3.30. The van der Waals surface area contributed by atoms with Crippen molar-refractivity contribution in [2.24, 2.45) is 5.92 Å². The average molecular weight is 242 g/mol. The van der Waals surface area contributed by atoms with Gasteiger partial charge in [-0.15, -0.1) is 0 Å². The fourth-order valence-corrected chi connectivity index (χ4v) is 2.26. The van der Waals surface area contributed by atoms with E-state index in [4.69, 9.17) is 4.74 Å². The second-order valence-electron chi connectivity index (χ2n) is 4.57. The number of ether oxygens (including phenoxy) is 1. The molecule has 0 bridgehead atoms. The zero-order chi connectivity index (χ0) is 12.4. The second kappa shape index (κ2) is 5.10. The van der Waals surface area contributed by atoms with E-state index in [2.05, 4.69) is 0 Å². The normalized spacial score (nSPS) is 26.1. The number of benzene rings is 1. The van der Waals surface area contributed by atoms with Crippen molar-refractivity contribution >= 4 is 0 Å². The van der Waals surface area contributed by atoms with Gasteiger partial charge in [0.05, 0.1) is 12.2 Å². The Hall–Kier alpha value is -1.00. The minimum atomic E-state index is -0.862. The highest BCUT2D eigenvalue weighted by Gasteiger charge is 2.31. The van der Waals surface area contributed by atoms with Crippen molar-refractivity contribution in [1.82, 2.24) is 0 Å². The van der Waals surface area contributed by atoms with Gasteiger partial charge in [-0.05, 0) is 24.5 Å². The third-order valence-electron chi connectivity index (χ3n) is 3.30. The molecule has 17 heavy (non-hydrogen) atoms. The molecule has 3 unspecified atom stereocenters. The molecule has 2 rings (SSSR count). The first kappa shape index (κ1) is 12.5. The van der Waals surface area contributed by atoms with E-state index >= 15 is 0 Å². The molecule has 0 aliphatic carbocycles. The van der Waals surface area contributed by atoms with E-state index < -0.39 is 17.7 Å². The lowest BCUT2D eigenvalue weighted by Crippen LogP contribution is -2.32. The summed E-state index contributed by atoms with van der Waals surface area (Å²) in [6.07, 6.45) is -0.359. The monoisotopic (exact) mass is 242 g/mol. The molecule has 4 heteroatoms. The van der Waals surface area contributed by atoms with E-state index in [1.807, 2.05) is 6.92 Å². The van der Waals surface area contributed by atoms with Gasteiger partial charge in [0.25, 0.3) is 0 Å². The van der Waals surface area contributed by atoms with Gasteiger partial charge in [0, 0.05) is 18.6 Å². The quantitative estimate of drug-likeness (QED) is 0.881. The predicted octanol–water partition coefficient (Wildman–Crippen LogP) is 2.29. The lowest BCUT2D eigenvalue weighted by Gasteiger charge is -2.21. The van der Waals surface area contributed by atoms with Crippen LogP contribution in [0.25, 0.3) is 0 Å². The largest absolute Gasteiger partial charge is 0.390 e. The first-order chi connectivity index (χ1) is 8.09. The van der Waals surface area contributed by atoms with Crippen LogP contribution >= 0.6 is 0 Å². The van der Waals surface area contributed by atoms with Crippen LogP contribution in [-0.4, -0.2) is 23.9 Å². The average Bonchev–Trinajstić information content (AvgIpc) is 2.70. The molecule has 1 fully saturated rings. The van der Waals surface area contributed by atoms with E-state index in [9.17, 15) is 13.9 Å². The summed E-state index contributed by atoms with van der Waals surface area (Å²) >= 11 is 0. The Morgan fingerprint density at radius 3 is 2.59 bits per heavy atom. The molecule has 2 nitrogen and oxygen atoms in total. The Balaban J connectivity index is 2.10. The topological polar surface area (TPSA) is 29.5 Å². The van der Waals surface area contributed by atoms with Crippen LogP contribution in [0.15, 0.2) is 18.2 Å². The summed E-state index contributed by atoms with van der Waals surface area (Å²) in [5.74, 6) is -1.01. The Morgan fingerprint density at radius 1 is 1.41 bits per heavy atom. The zero-order valence-electron chi connectivity index (χ0n) is 9.70. The van der Waals surface area contributed by atoms with Gasteiger partial charge in [0.2, 0.25) is 0 Å². The molecule has 0 amide bonds. The molecule has 1 aromatic carbocycles. The molecule has 0 saturated carbocycles. The molecule has 1 aliphatic heterocycles. The first-order valence-corrected chi connectivity index (χ1v) is 5.82. The van der Waals surface area contributed by atoms with Crippen molar-refractivity contribution in [3.05, 3.63) is 35.4 Å². The Kier molecular flexibility index (Phi) is 3.74. The SMILES string of the molecule is CC1CCOC1C(O)Cc1c(F)cccc1F. The maximum Gasteiger partial charge on any atom is 0.129 e. The van der Waals surface area contributed by atoms with Crippen molar-refractivity contribution in [1.29, 1.82) is 0 Å².